The molecule has 1 heterocycles. The third-order valence-corrected chi connectivity index (χ3v) is 8.72. The molecular weight excluding hydrogens is 360 g/mol. The van der Waals surface area contributed by atoms with E-state index in [1.54, 1.807) is 6.92 Å². The predicted octanol–water partition coefficient (Wildman–Crippen LogP) is 5.09. The largest absolute Gasteiger partial charge is 0.382 e. The number of rotatable bonds is 1. The molecule has 27 heavy (non-hydrogen) atoms. The molecule has 0 aromatic rings. The molecule has 1 aliphatic heterocycles. The van der Waals surface area contributed by atoms with Crippen LogP contribution in [0.1, 0.15) is 73.1 Å². The van der Waals surface area contributed by atoms with Gasteiger partial charge < -0.3 is 19.5 Å². The molecule has 4 nitrogen and oxygen atoms in total. The Morgan fingerprint density at radius 3 is 2.15 bits per heavy atom. The molecule has 3 aliphatic rings. The lowest BCUT2D eigenvalue weighted by Crippen LogP contribution is -2.64. The lowest BCUT2D eigenvalue weighted by atomic mass is 9.51. The summed E-state index contributed by atoms with van der Waals surface area (Å²) in [6.45, 7) is 25.8. The highest BCUT2D eigenvalue weighted by atomic mass is 35.5. The monoisotopic (exact) mass is 392 g/mol. The maximum Gasteiger partial charge on any atom is 0.255 e. The molecule has 3 unspecified atom stereocenters. The molecular formula is C22H33ClN2O2. The van der Waals surface area contributed by atoms with Crippen LogP contribution in [0.5, 0.6) is 0 Å². The molecule has 0 bridgehead atoms. The molecule has 0 aromatic heterocycles. The molecule has 150 valence electrons. The van der Waals surface area contributed by atoms with Crippen LogP contribution in [0.4, 0.5) is 0 Å². The Bertz CT molecular complexity index is 679. The average molecular weight is 393 g/mol. The molecule has 3 rings (SSSR count). The molecule has 0 aromatic carbocycles. The Labute approximate surface area is 169 Å². The van der Waals surface area contributed by atoms with Crippen LogP contribution in [0.2, 0.25) is 0 Å². The van der Waals surface area contributed by atoms with Gasteiger partial charge in [-0.2, -0.15) is 0 Å². The van der Waals surface area contributed by atoms with Gasteiger partial charge in [0.2, 0.25) is 5.54 Å². The molecule has 2 saturated carbocycles. The van der Waals surface area contributed by atoms with Crippen molar-refractivity contribution >= 4 is 11.6 Å². The number of alkyl halides is 1. The summed E-state index contributed by atoms with van der Waals surface area (Å²) in [5.74, 6) is 0.267. The summed E-state index contributed by atoms with van der Waals surface area (Å²) in [6.07, 6.45) is 4.83. The van der Waals surface area contributed by atoms with E-state index in [-0.39, 0.29) is 28.7 Å². The topological polar surface area (TPSA) is 38.2 Å². The van der Waals surface area contributed by atoms with Crippen molar-refractivity contribution in [3.8, 4) is 0 Å². The summed E-state index contributed by atoms with van der Waals surface area (Å²) < 4.78 is 6.63. The molecule has 1 saturated heterocycles. The Morgan fingerprint density at radius 2 is 1.59 bits per heavy atom. The number of hydrogen-bond acceptors (Lipinski definition) is 2. The minimum Gasteiger partial charge on any atom is -0.382 e. The first-order valence-electron chi connectivity index (χ1n) is 10.2. The minimum absolute atomic E-state index is 0.0215. The summed E-state index contributed by atoms with van der Waals surface area (Å²) in [4.78, 5) is 7.95. The van der Waals surface area contributed by atoms with Gasteiger partial charge in [-0.3, -0.25) is 0 Å². The fourth-order valence-corrected chi connectivity index (χ4v) is 6.44. The van der Waals surface area contributed by atoms with Crippen molar-refractivity contribution in [3.05, 3.63) is 22.8 Å². The van der Waals surface area contributed by atoms with E-state index in [4.69, 9.17) is 29.5 Å². The summed E-state index contributed by atoms with van der Waals surface area (Å²) in [5.41, 5.74) is -2.25. The summed E-state index contributed by atoms with van der Waals surface area (Å²) in [7, 11) is 0. The number of hydrogen-bond donors (Lipinski definition) is 1. The van der Waals surface area contributed by atoms with E-state index >= 15 is 0 Å². The van der Waals surface area contributed by atoms with Gasteiger partial charge in [0.25, 0.3) is 6.04 Å². The maximum absolute atomic E-state index is 11.0. The number of fused-ring (bicyclic) bond motifs is 1. The standard InChI is InChI=1S/C22H33ClN2O2/c1-19(2)16(23)10-13-22(5,27-19)15-8-11-20(3,25-7)14-9-12-21(4,26)18(24-6)17(14)15/h14-18,26H,8-13H2,1-5H3/t14?,15?,16-,17?,18+,20+,21+,22+/m0/s1. The lowest BCUT2D eigenvalue weighted by Gasteiger charge is -2.57. The first-order valence-corrected chi connectivity index (χ1v) is 10.7. The second-order valence-electron chi connectivity index (χ2n) is 10.3. The Kier molecular flexibility index (Phi) is 5.13. The molecule has 8 atom stereocenters. The highest BCUT2D eigenvalue weighted by Crippen LogP contribution is 2.58. The number of aliphatic hydroxyl groups is 1. The Balaban J connectivity index is 2.03. The van der Waals surface area contributed by atoms with Crippen LogP contribution in [-0.2, 0) is 4.74 Å². The SMILES string of the molecule is [C-]#[N+][C@@H]1C2C(CC[C@@]1(C)O)[C@](C)([N+]#[C-])CCC2[C@@]1(C)CC[C@H](Cl)C(C)(C)O1. The first-order chi connectivity index (χ1) is 12.4. The zero-order valence-corrected chi connectivity index (χ0v) is 18.0. The van der Waals surface area contributed by atoms with Crippen LogP contribution >= 0.6 is 11.6 Å². The van der Waals surface area contributed by atoms with E-state index in [2.05, 4.69) is 37.4 Å². The second-order valence-corrected chi connectivity index (χ2v) is 10.8. The fourth-order valence-electron chi connectivity index (χ4n) is 6.29. The van der Waals surface area contributed by atoms with Gasteiger partial charge in [-0.15, -0.1) is 11.6 Å². The molecule has 3 fully saturated rings. The van der Waals surface area contributed by atoms with Crippen molar-refractivity contribution in [2.24, 2.45) is 17.8 Å². The highest BCUT2D eigenvalue weighted by molar-refractivity contribution is 6.21. The summed E-state index contributed by atoms with van der Waals surface area (Å²) >= 11 is 6.53. The summed E-state index contributed by atoms with van der Waals surface area (Å²) in [5, 5.41) is 11.0. The third-order valence-electron chi connectivity index (χ3n) is 7.98. The number of halogens is 1. The van der Waals surface area contributed by atoms with E-state index in [1.807, 2.05) is 0 Å². The smallest absolute Gasteiger partial charge is 0.255 e. The maximum atomic E-state index is 11.0. The van der Waals surface area contributed by atoms with Crippen molar-refractivity contribution in [1.82, 2.24) is 0 Å². The third kappa shape index (κ3) is 3.29. The van der Waals surface area contributed by atoms with Crippen LogP contribution in [0, 0.1) is 30.9 Å². The van der Waals surface area contributed by atoms with Gasteiger partial charge in [0, 0.05) is 19.3 Å². The van der Waals surface area contributed by atoms with Gasteiger partial charge in [-0.1, -0.05) is 0 Å². The number of ether oxygens (including phenoxy) is 1. The van der Waals surface area contributed by atoms with Crippen LogP contribution in [0.15, 0.2) is 0 Å². The first kappa shape index (κ1) is 20.9. The van der Waals surface area contributed by atoms with E-state index in [9.17, 15) is 5.11 Å². The van der Waals surface area contributed by atoms with Gasteiger partial charge in [-0.25, -0.2) is 13.1 Å². The lowest BCUT2D eigenvalue weighted by molar-refractivity contribution is -0.217. The number of nitrogens with zero attached hydrogens (tertiary/aromatic N) is 2. The molecule has 2 aliphatic carbocycles. The zero-order chi connectivity index (χ0) is 20.3. The van der Waals surface area contributed by atoms with Crippen molar-refractivity contribution in [2.75, 3.05) is 0 Å². The quantitative estimate of drug-likeness (QED) is 0.498. The van der Waals surface area contributed by atoms with Gasteiger partial charge in [0.05, 0.1) is 22.5 Å². The van der Waals surface area contributed by atoms with Gasteiger partial charge in [0.15, 0.2) is 0 Å². The van der Waals surface area contributed by atoms with Crippen LogP contribution in [0.3, 0.4) is 0 Å². The molecule has 0 radical (unpaired) electrons. The van der Waals surface area contributed by atoms with Crippen molar-refractivity contribution in [2.45, 2.75) is 107 Å². The molecule has 0 spiro atoms. The minimum atomic E-state index is -1.00. The van der Waals surface area contributed by atoms with Crippen LogP contribution in [0.25, 0.3) is 9.69 Å². The van der Waals surface area contributed by atoms with Crippen molar-refractivity contribution in [1.29, 1.82) is 0 Å². The van der Waals surface area contributed by atoms with E-state index in [1.165, 1.54) is 0 Å². The highest BCUT2D eigenvalue weighted by Gasteiger charge is 2.66. The summed E-state index contributed by atoms with van der Waals surface area (Å²) in [6, 6.07) is -0.486. The zero-order valence-electron chi connectivity index (χ0n) is 17.3. The van der Waals surface area contributed by atoms with Crippen LogP contribution < -0.4 is 0 Å². The van der Waals surface area contributed by atoms with Gasteiger partial charge in [0.1, 0.15) is 5.60 Å². The molecule has 1 N–H and O–H groups in total. The molecule has 0 amide bonds. The second kappa shape index (κ2) is 6.62. The Hall–Kier alpha value is -0.810. The fraction of sp³-hybridized carbons (Fsp3) is 0.909. The van der Waals surface area contributed by atoms with Crippen molar-refractivity contribution < 1.29 is 9.84 Å². The van der Waals surface area contributed by atoms with Crippen molar-refractivity contribution in [3.63, 3.8) is 0 Å². The van der Waals surface area contributed by atoms with E-state index < -0.39 is 22.8 Å². The Morgan fingerprint density at radius 1 is 0.963 bits per heavy atom. The molecule has 5 heteroatoms. The average Bonchev–Trinajstić information content (AvgIpc) is 2.57. The van der Waals surface area contributed by atoms with E-state index in [0.717, 1.165) is 32.1 Å². The van der Waals surface area contributed by atoms with E-state index in [0.29, 0.717) is 6.42 Å². The van der Waals surface area contributed by atoms with Gasteiger partial charge >= 0.3 is 0 Å². The van der Waals surface area contributed by atoms with Gasteiger partial charge in [-0.05, 0) is 65.7 Å². The van der Waals surface area contributed by atoms with Crippen LogP contribution in [-0.4, -0.2) is 38.9 Å². The predicted molar refractivity (Wildman–Crippen MR) is 107 cm³/mol. The normalized spacial score (nSPS) is 52.3.